The summed E-state index contributed by atoms with van der Waals surface area (Å²) in [6.45, 7) is 6.37. The second kappa shape index (κ2) is 7.84. The SMILES string of the molecule is CCCN(CCC)c1cc(Nc2ccc(Cl)cc2)ncn1. The quantitative estimate of drug-likeness (QED) is 0.817. The van der Waals surface area contributed by atoms with Gasteiger partial charge in [-0.05, 0) is 37.1 Å². The molecular weight excluding hydrogens is 284 g/mol. The molecule has 1 N–H and O–H groups in total. The molecule has 0 saturated carbocycles. The van der Waals surface area contributed by atoms with E-state index in [9.17, 15) is 0 Å². The van der Waals surface area contributed by atoms with E-state index in [1.165, 1.54) is 0 Å². The molecule has 0 saturated heterocycles. The molecule has 5 heteroatoms. The number of anilines is 3. The summed E-state index contributed by atoms with van der Waals surface area (Å²) in [5.74, 6) is 1.75. The van der Waals surface area contributed by atoms with Crippen LogP contribution in [0.4, 0.5) is 17.3 Å². The van der Waals surface area contributed by atoms with Gasteiger partial charge in [-0.2, -0.15) is 0 Å². The lowest BCUT2D eigenvalue weighted by Crippen LogP contribution is -2.25. The molecule has 112 valence electrons. The van der Waals surface area contributed by atoms with Crippen molar-refractivity contribution in [3.8, 4) is 0 Å². The summed E-state index contributed by atoms with van der Waals surface area (Å²) in [4.78, 5) is 11.0. The molecule has 0 atom stereocenters. The van der Waals surface area contributed by atoms with Gasteiger partial charge < -0.3 is 10.2 Å². The van der Waals surface area contributed by atoms with Crippen molar-refractivity contribution < 1.29 is 0 Å². The monoisotopic (exact) mass is 304 g/mol. The Bertz CT molecular complexity index is 550. The molecule has 0 fully saturated rings. The highest BCUT2D eigenvalue weighted by Gasteiger charge is 2.07. The molecule has 0 aliphatic heterocycles. The highest BCUT2D eigenvalue weighted by Crippen LogP contribution is 2.20. The molecule has 0 unspecified atom stereocenters. The summed E-state index contributed by atoms with van der Waals surface area (Å²) in [5, 5.41) is 4.00. The number of hydrogen-bond donors (Lipinski definition) is 1. The number of nitrogens with one attached hydrogen (secondary N) is 1. The standard InChI is InChI=1S/C16H21ClN4/c1-3-9-21(10-4-2)16-11-15(18-12-19-16)20-14-7-5-13(17)6-8-14/h5-8,11-12H,3-4,9-10H2,1-2H3,(H,18,19,20). The lowest BCUT2D eigenvalue weighted by molar-refractivity contribution is 0.733. The third kappa shape index (κ3) is 4.60. The van der Waals surface area contributed by atoms with Gasteiger partial charge in [0.25, 0.3) is 0 Å². The average molecular weight is 305 g/mol. The lowest BCUT2D eigenvalue weighted by Gasteiger charge is -2.22. The van der Waals surface area contributed by atoms with Crippen molar-refractivity contribution in [2.24, 2.45) is 0 Å². The molecule has 0 aliphatic rings. The predicted molar refractivity (Wildman–Crippen MR) is 89.6 cm³/mol. The minimum atomic E-state index is 0.723. The van der Waals surface area contributed by atoms with E-state index in [2.05, 4.69) is 34.0 Å². The molecule has 0 amide bonds. The Morgan fingerprint density at radius 1 is 1.05 bits per heavy atom. The molecule has 1 heterocycles. The van der Waals surface area contributed by atoms with E-state index in [-0.39, 0.29) is 0 Å². The van der Waals surface area contributed by atoms with Crippen LogP contribution in [0.1, 0.15) is 26.7 Å². The normalized spacial score (nSPS) is 10.4. The third-order valence-electron chi connectivity index (χ3n) is 3.08. The molecule has 2 rings (SSSR count). The maximum atomic E-state index is 5.89. The molecule has 2 aromatic rings. The Kier molecular flexibility index (Phi) is 5.81. The highest BCUT2D eigenvalue weighted by atomic mass is 35.5. The van der Waals surface area contributed by atoms with Crippen molar-refractivity contribution in [3.63, 3.8) is 0 Å². The zero-order valence-electron chi connectivity index (χ0n) is 12.5. The molecule has 1 aromatic carbocycles. The van der Waals surface area contributed by atoms with Gasteiger partial charge in [-0.3, -0.25) is 0 Å². The molecule has 0 radical (unpaired) electrons. The molecule has 0 aliphatic carbocycles. The van der Waals surface area contributed by atoms with Gasteiger partial charge in [0.05, 0.1) is 0 Å². The summed E-state index contributed by atoms with van der Waals surface area (Å²) >= 11 is 5.89. The first-order chi connectivity index (χ1) is 10.2. The first kappa shape index (κ1) is 15.6. The van der Waals surface area contributed by atoms with E-state index in [0.717, 1.165) is 48.3 Å². The van der Waals surface area contributed by atoms with Crippen LogP contribution in [-0.4, -0.2) is 23.1 Å². The Balaban J connectivity index is 2.14. The molecular formula is C16H21ClN4. The van der Waals surface area contributed by atoms with Crippen LogP contribution in [0.5, 0.6) is 0 Å². The molecule has 0 spiro atoms. The first-order valence-corrected chi connectivity index (χ1v) is 7.70. The van der Waals surface area contributed by atoms with Gasteiger partial charge in [-0.25, -0.2) is 9.97 Å². The maximum absolute atomic E-state index is 5.89. The van der Waals surface area contributed by atoms with Gasteiger partial charge >= 0.3 is 0 Å². The number of halogens is 1. The Morgan fingerprint density at radius 3 is 2.33 bits per heavy atom. The third-order valence-corrected chi connectivity index (χ3v) is 3.33. The van der Waals surface area contributed by atoms with Crippen LogP contribution in [0.25, 0.3) is 0 Å². The van der Waals surface area contributed by atoms with E-state index in [4.69, 9.17) is 11.6 Å². The minimum absolute atomic E-state index is 0.723. The van der Waals surface area contributed by atoms with E-state index < -0.39 is 0 Å². The van der Waals surface area contributed by atoms with Crippen molar-refractivity contribution >= 4 is 28.9 Å². The maximum Gasteiger partial charge on any atom is 0.135 e. The van der Waals surface area contributed by atoms with Crippen LogP contribution < -0.4 is 10.2 Å². The topological polar surface area (TPSA) is 41.0 Å². The summed E-state index contributed by atoms with van der Waals surface area (Å²) in [7, 11) is 0. The van der Waals surface area contributed by atoms with E-state index in [1.54, 1.807) is 6.33 Å². The van der Waals surface area contributed by atoms with Crippen LogP contribution in [0.15, 0.2) is 36.7 Å². The number of benzene rings is 1. The van der Waals surface area contributed by atoms with Crippen LogP contribution in [-0.2, 0) is 0 Å². The highest BCUT2D eigenvalue weighted by molar-refractivity contribution is 6.30. The summed E-state index contributed by atoms with van der Waals surface area (Å²) < 4.78 is 0. The Hall–Kier alpha value is -1.81. The van der Waals surface area contributed by atoms with Gasteiger partial charge in [0.2, 0.25) is 0 Å². The minimum Gasteiger partial charge on any atom is -0.356 e. The Morgan fingerprint density at radius 2 is 1.71 bits per heavy atom. The fourth-order valence-corrected chi connectivity index (χ4v) is 2.28. The van der Waals surface area contributed by atoms with Gasteiger partial charge in [0.15, 0.2) is 0 Å². The first-order valence-electron chi connectivity index (χ1n) is 7.32. The van der Waals surface area contributed by atoms with Crippen molar-refractivity contribution in [3.05, 3.63) is 41.7 Å². The molecule has 4 nitrogen and oxygen atoms in total. The van der Waals surface area contributed by atoms with Crippen LogP contribution in [0.3, 0.4) is 0 Å². The molecule has 0 bridgehead atoms. The van der Waals surface area contributed by atoms with Crippen LogP contribution >= 0.6 is 11.6 Å². The largest absolute Gasteiger partial charge is 0.356 e. The second-order valence-corrected chi connectivity index (χ2v) is 5.32. The van der Waals surface area contributed by atoms with Crippen LogP contribution in [0, 0.1) is 0 Å². The van der Waals surface area contributed by atoms with E-state index in [0.29, 0.717) is 0 Å². The van der Waals surface area contributed by atoms with E-state index >= 15 is 0 Å². The smallest absolute Gasteiger partial charge is 0.135 e. The second-order valence-electron chi connectivity index (χ2n) is 4.88. The fourth-order valence-electron chi connectivity index (χ4n) is 2.15. The van der Waals surface area contributed by atoms with Gasteiger partial charge in [-0.15, -0.1) is 0 Å². The molecule has 1 aromatic heterocycles. The van der Waals surface area contributed by atoms with Gasteiger partial charge in [-0.1, -0.05) is 25.4 Å². The number of rotatable bonds is 7. The van der Waals surface area contributed by atoms with Gasteiger partial charge in [0.1, 0.15) is 18.0 Å². The Labute approximate surface area is 131 Å². The number of aromatic nitrogens is 2. The fraction of sp³-hybridized carbons (Fsp3) is 0.375. The average Bonchev–Trinajstić information content (AvgIpc) is 2.50. The van der Waals surface area contributed by atoms with Gasteiger partial charge in [0, 0.05) is 29.9 Å². The number of hydrogen-bond acceptors (Lipinski definition) is 4. The number of nitrogens with zero attached hydrogens (tertiary/aromatic N) is 3. The van der Waals surface area contributed by atoms with Crippen LogP contribution in [0.2, 0.25) is 5.02 Å². The van der Waals surface area contributed by atoms with Crippen molar-refractivity contribution in [2.75, 3.05) is 23.3 Å². The van der Waals surface area contributed by atoms with Crippen molar-refractivity contribution in [1.82, 2.24) is 9.97 Å². The summed E-state index contributed by atoms with van der Waals surface area (Å²) in [6, 6.07) is 9.55. The zero-order chi connectivity index (χ0) is 15.1. The van der Waals surface area contributed by atoms with Crippen molar-refractivity contribution in [2.45, 2.75) is 26.7 Å². The van der Waals surface area contributed by atoms with E-state index in [1.807, 2.05) is 30.3 Å². The summed E-state index contributed by atoms with van der Waals surface area (Å²) in [6.07, 6.45) is 3.81. The predicted octanol–water partition coefficient (Wildman–Crippen LogP) is 4.50. The van der Waals surface area contributed by atoms with Crippen molar-refractivity contribution in [1.29, 1.82) is 0 Å². The lowest BCUT2D eigenvalue weighted by atomic mass is 10.3. The summed E-state index contributed by atoms with van der Waals surface area (Å²) in [5.41, 5.74) is 0.960. The molecule has 21 heavy (non-hydrogen) atoms. The zero-order valence-corrected chi connectivity index (χ0v) is 13.3.